The minimum absolute atomic E-state index is 0.0487. The third-order valence-corrected chi connectivity index (χ3v) is 3.71. The van der Waals surface area contributed by atoms with Crippen molar-refractivity contribution in [3.05, 3.63) is 58.0 Å². The standard InChI is InChI=1S/C16H17Cl2N3O3/c1-21(9-11-4-5-12(17)7-14(11)18)10-15(22)20-16(23)19-8-13-3-2-6-24-13/h2-7H,8-10H2,1H3,(H2,19,20,22,23). The number of amides is 3. The lowest BCUT2D eigenvalue weighted by atomic mass is 10.2. The van der Waals surface area contributed by atoms with Crippen molar-refractivity contribution in [2.45, 2.75) is 13.1 Å². The Kier molecular flexibility index (Phi) is 6.66. The zero-order valence-electron chi connectivity index (χ0n) is 13.0. The third-order valence-electron chi connectivity index (χ3n) is 3.13. The number of hydrogen-bond donors (Lipinski definition) is 2. The highest BCUT2D eigenvalue weighted by Crippen LogP contribution is 2.21. The number of carbonyl (C=O) groups excluding carboxylic acids is 2. The molecule has 1 aromatic carbocycles. The zero-order valence-corrected chi connectivity index (χ0v) is 14.5. The average molecular weight is 370 g/mol. The van der Waals surface area contributed by atoms with Gasteiger partial charge in [0.2, 0.25) is 5.91 Å². The quantitative estimate of drug-likeness (QED) is 0.820. The van der Waals surface area contributed by atoms with E-state index in [1.807, 2.05) is 0 Å². The van der Waals surface area contributed by atoms with Crippen LogP contribution >= 0.6 is 23.2 Å². The van der Waals surface area contributed by atoms with E-state index in [4.69, 9.17) is 27.6 Å². The van der Waals surface area contributed by atoms with Gasteiger partial charge < -0.3 is 9.73 Å². The number of furan rings is 1. The van der Waals surface area contributed by atoms with E-state index in [2.05, 4.69) is 10.6 Å². The summed E-state index contributed by atoms with van der Waals surface area (Å²) in [6.07, 6.45) is 1.51. The van der Waals surface area contributed by atoms with Crippen LogP contribution in [0.25, 0.3) is 0 Å². The first-order chi connectivity index (χ1) is 11.4. The van der Waals surface area contributed by atoms with Crippen LogP contribution in [0.1, 0.15) is 11.3 Å². The minimum atomic E-state index is -0.575. The number of halogens is 2. The van der Waals surface area contributed by atoms with Crippen LogP contribution < -0.4 is 10.6 Å². The van der Waals surface area contributed by atoms with Crippen LogP contribution in [0.3, 0.4) is 0 Å². The highest BCUT2D eigenvalue weighted by Gasteiger charge is 2.12. The average Bonchev–Trinajstić information content (AvgIpc) is 3.01. The Bertz CT molecular complexity index is 705. The van der Waals surface area contributed by atoms with Gasteiger partial charge in [-0.25, -0.2) is 4.79 Å². The predicted octanol–water partition coefficient (Wildman–Crippen LogP) is 3.04. The van der Waals surface area contributed by atoms with E-state index < -0.39 is 11.9 Å². The van der Waals surface area contributed by atoms with E-state index in [-0.39, 0.29) is 13.1 Å². The van der Waals surface area contributed by atoms with Crippen molar-refractivity contribution in [2.75, 3.05) is 13.6 Å². The number of rotatable bonds is 6. The van der Waals surface area contributed by atoms with Gasteiger partial charge in [0.1, 0.15) is 5.76 Å². The molecular formula is C16H17Cl2N3O3. The van der Waals surface area contributed by atoms with Crippen LogP contribution in [0.2, 0.25) is 10.0 Å². The lowest BCUT2D eigenvalue weighted by Gasteiger charge is -2.17. The van der Waals surface area contributed by atoms with Gasteiger partial charge in [-0.3, -0.25) is 15.0 Å². The van der Waals surface area contributed by atoms with Gasteiger partial charge in [-0.05, 0) is 36.9 Å². The summed E-state index contributed by atoms with van der Waals surface area (Å²) in [4.78, 5) is 25.2. The number of likely N-dealkylation sites (N-methyl/N-ethyl adjacent to an activating group) is 1. The molecule has 128 valence electrons. The topological polar surface area (TPSA) is 74.6 Å². The number of benzene rings is 1. The molecule has 0 radical (unpaired) electrons. The number of carbonyl (C=O) groups is 2. The van der Waals surface area contributed by atoms with Gasteiger partial charge in [0.15, 0.2) is 0 Å². The minimum Gasteiger partial charge on any atom is -0.467 e. The highest BCUT2D eigenvalue weighted by atomic mass is 35.5. The normalized spacial score (nSPS) is 10.7. The van der Waals surface area contributed by atoms with Gasteiger partial charge in [-0.2, -0.15) is 0 Å². The van der Waals surface area contributed by atoms with Crippen molar-refractivity contribution < 1.29 is 14.0 Å². The molecule has 0 aliphatic rings. The Hall–Kier alpha value is -2.02. The van der Waals surface area contributed by atoms with Gasteiger partial charge in [-0.1, -0.05) is 29.3 Å². The summed E-state index contributed by atoms with van der Waals surface area (Å²) in [5, 5.41) is 5.88. The molecule has 0 aliphatic carbocycles. The largest absolute Gasteiger partial charge is 0.467 e. The van der Waals surface area contributed by atoms with E-state index >= 15 is 0 Å². The monoisotopic (exact) mass is 369 g/mol. The molecule has 24 heavy (non-hydrogen) atoms. The fourth-order valence-corrected chi connectivity index (χ4v) is 2.50. The second-order valence-corrected chi connectivity index (χ2v) is 6.06. The molecule has 8 heteroatoms. The third kappa shape index (κ3) is 5.88. The number of hydrogen-bond acceptors (Lipinski definition) is 4. The summed E-state index contributed by atoms with van der Waals surface area (Å²) >= 11 is 11.9. The second kappa shape index (κ2) is 8.73. The maximum absolute atomic E-state index is 11.9. The Morgan fingerprint density at radius 2 is 2.04 bits per heavy atom. The van der Waals surface area contributed by atoms with Gasteiger partial charge >= 0.3 is 6.03 Å². The molecule has 0 aliphatic heterocycles. The molecular weight excluding hydrogens is 353 g/mol. The van der Waals surface area contributed by atoms with E-state index in [9.17, 15) is 9.59 Å². The first-order valence-electron chi connectivity index (χ1n) is 7.16. The van der Waals surface area contributed by atoms with Crippen LogP contribution in [0.4, 0.5) is 4.79 Å². The fraction of sp³-hybridized carbons (Fsp3) is 0.250. The Labute approximate surface area is 149 Å². The molecule has 0 saturated carbocycles. The molecule has 0 saturated heterocycles. The molecule has 2 N–H and O–H groups in total. The van der Waals surface area contributed by atoms with Gasteiger partial charge in [0.05, 0.1) is 19.4 Å². The van der Waals surface area contributed by atoms with E-state index in [0.29, 0.717) is 22.4 Å². The predicted molar refractivity (Wildman–Crippen MR) is 91.9 cm³/mol. The molecule has 6 nitrogen and oxygen atoms in total. The lowest BCUT2D eigenvalue weighted by Crippen LogP contribution is -2.43. The van der Waals surface area contributed by atoms with Crippen molar-refractivity contribution in [3.8, 4) is 0 Å². The number of urea groups is 1. The molecule has 2 aromatic rings. The molecule has 0 unspecified atom stereocenters. The van der Waals surface area contributed by atoms with Gasteiger partial charge in [0, 0.05) is 16.6 Å². The van der Waals surface area contributed by atoms with Crippen LogP contribution in [0, 0.1) is 0 Å². The van der Waals surface area contributed by atoms with Crippen LogP contribution in [0.5, 0.6) is 0 Å². The van der Waals surface area contributed by atoms with Gasteiger partial charge in [-0.15, -0.1) is 0 Å². The molecule has 1 heterocycles. The van der Waals surface area contributed by atoms with Crippen LogP contribution in [-0.4, -0.2) is 30.4 Å². The van der Waals surface area contributed by atoms with Crippen molar-refractivity contribution in [1.82, 2.24) is 15.5 Å². The van der Waals surface area contributed by atoms with Gasteiger partial charge in [0.25, 0.3) is 0 Å². The number of nitrogens with zero attached hydrogens (tertiary/aromatic N) is 1. The van der Waals surface area contributed by atoms with Crippen molar-refractivity contribution in [1.29, 1.82) is 0 Å². The molecule has 0 spiro atoms. The summed E-state index contributed by atoms with van der Waals surface area (Å²) in [5.41, 5.74) is 0.846. The van der Waals surface area contributed by atoms with Crippen molar-refractivity contribution in [2.24, 2.45) is 0 Å². The zero-order chi connectivity index (χ0) is 17.5. The summed E-state index contributed by atoms with van der Waals surface area (Å²) in [6.45, 7) is 0.715. The first kappa shape index (κ1) is 18.3. The molecule has 0 fully saturated rings. The Balaban J connectivity index is 1.75. The SMILES string of the molecule is CN(CC(=O)NC(=O)NCc1ccco1)Cc1ccc(Cl)cc1Cl. The summed E-state index contributed by atoms with van der Waals surface area (Å²) in [5.74, 6) is 0.187. The molecule has 3 amide bonds. The number of imide groups is 1. The maximum Gasteiger partial charge on any atom is 0.321 e. The van der Waals surface area contributed by atoms with Crippen LogP contribution in [-0.2, 0) is 17.9 Å². The summed E-state index contributed by atoms with van der Waals surface area (Å²) in [7, 11) is 1.76. The fourth-order valence-electron chi connectivity index (χ4n) is 2.03. The van der Waals surface area contributed by atoms with E-state index in [1.165, 1.54) is 6.26 Å². The van der Waals surface area contributed by atoms with Crippen LogP contribution in [0.15, 0.2) is 41.0 Å². The molecule has 0 atom stereocenters. The highest BCUT2D eigenvalue weighted by molar-refractivity contribution is 6.35. The Morgan fingerprint density at radius 1 is 1.25 bits per heavy atom. The Morgan fingerprint density at radius 3 is 2.71 bits per heavy atom. The molecule has 1 aromatic heterocycles. The number of nitrogens with one attached hydrogen (secondary N) is 2. The van der Waals surface area contributed by atoms with Crippen molar-refractivity contribution >= 4 is 35.1 Å². The summed E-state index contributed by atoms with van der Waals surface area (Å²) < 4.78 is 5.08. The van der Waals surface area contributed by atoms with E-state index in [1.54, 1.807) is 42.3 Å². The molecule has 0 bridgehead atoms. The van der Waals surface area contributed by atoms with E-state index in [0.717, 1.165) is 5.56 Å². The lowest BCUT2D eigenvalue weighted by molar-refractivity contribution is -0.120. The van der Waals surface area contributed by atoms with Crippen molar-refractivity contribution in [3.63, 3.8) is 0 Å². The first-order valence-corrected chi connectivity index (χ1v) is 7.92. The summed E-state index contributed by atoms with van der Waals surface area (Å²) in [6, 6.07) is 8.06. The smallest absolute Gasteiger partial charge is 0.321 e. The maximum atomic E-state index is 11.9. The second-order valence-electron chi connectivity index (χ2n) is 5.22. The molecule has 2 rings (SSSR count).